The minimum atomic E-state index is -0.777. The fourth-order valence-corrected chi connectivity index (χ4v) is 5.16. The van der Waals surface area contributed by atoms with Crippen LogP contribution in [0.4, 0.5) is 13.2 Å². The van der Waals surface area contributed by atoms with Gasteiger partial charge in [0.2, 0.25) is 5.91 Å². The average Bonchev–Trinajstić information content (AvgIpc) is 3.70. The number of H-pyrrole nitrogens is 1. The Bertz CT molecular complexity index is 1780. The molecule has 9 heteroatoms. The molecule has 1 unspecified atom stereocenters. The monoisotopic (exact) mass is 568 g/mol. The smallest absolute Gasteiger partial charge is 0.251 e. The van der Waals surface area contributed by atoms with E-state index < -0.39 is 23.5 Å². The first-order valence-electron chi connectivity index (χ1n) is 13.7. The maximum absolute atomic E-state index is 14.1. The fraction of sp³-hybridized carbons (Fsp3) is 0.182. The van der Waals surface area contributed by atoms with Gasteiger partial charge in [-0.15, -0.1) is 0 Å². The van der Waals surface area contributed by atoms with E-state index in [-0.39, 0.29) is 30.7 Å². The van der Waals surface area contributed by atoms with Gasteiger partial charge in [-0.3, -0.25) is 14.6 Å². The van der Waals surface area contributed by atoms with Crippen molar-refractivity contribution in [2.45, 2.75) is 37.8 Å². The molecule has 0 spiro atoms. The molecule has 1 aliphatic rings. The van der Waals surface area contributed by atoms with Gasteiger partial charge in [0.05, 0.1) is 18.2 Å². The summed E-state index contributed by atoms with van der Waals surface area (Å²) in [5, 5.41) is 6.56. The van der Waals surface area contributed by atoms with E-state index >= 15 is 0 Å². The Morgan fingerprint density at radius 3 is 2.52 bits per heavy atom. The molecule has 0 aliphatic heterocycles. The normalized spacial score (nSPS) is 13.6. The summed E-state index contributed by atoms with van der Waals surface area (Å²) in [7, 11) is 0. The SMILES string of the molecule is O=C(Cc1c[nH]c2ccc(F)cc12)NC(Cc1cc(F)cc(F)c1)c1ncccc1-c1cccc(C(=O)NC2CC2)c1. The Labute approximate surface area is 240 Å². The summed E-state index contributed by atoms with van der Waals surface area (Å²) in [6.07, 6.45) is 5.16. The Hall–Kier alpha value is -4.92. The number of halogens is 3. The van der Waals surface area contributed by atoms with E-state index in [1.54, 1.807) is 42.7 Å². The van der Waals surface area contributed by atoms with Crippen molar-refractivity contribution in [3.8, 4) is 11.1 Å². The van der Waals surface area contributed by atoms with Gasteiger partial charge in [0.15, 0.2) is 0 Å². The molecule has 0 saturated heterocycles. The maximum atomic E-state index is 14.1. The van der Waals surface area contributed by atoms with E-state index in [4.69, 9.17) is 0 Å². The van der Waals surface area contributed by atoms with Gasteiger partial charge >= 0.3 is 0 Å². The standard InChI is InChI=1S/C33H27F3N4O2/c34-23-6-9-29-28(17-23)22(18-38-29)15-31(41)40-30(13-19-11-24(35)16-25(36)12-19)32-27(5-2-10-37-32)20-3-1-4-21(14-20)33(42)39-26-7-8-26/h1-6,9-12,14,16-18,26,30,38H,7-8,13,15H2,(H,39,42)(H,40,41). The molecule has 1 atom stereocenters. The third-order valence-corrected chi connectivity index (χ3v) is 7.29. The molecule has 6 nitrogen and oxygen atoms in total. The zero-order chi connectivity index (χ0) is 29.2. The van der Waals surface area contributed by atoms with Gasteiger partial charge in [-0.1, -0.05) is 18.2 Å². The zero-order valence-electron chi connectivity index (χ0n) is 22.5. The fourth-order valence-electron chi connectivity index (χ4n) is 5.16. The number of nitrogens with zero attached hydrogens (tertiary/aromatic N) is 1. The highest BCUT2D eigenvalue weighted by molar-refractivity contribution is 5.96. The minimum Gasteiger partial charge on any atom is -0.361 e. The molecule has 1 fully saturated rings. The number of amides is 2. The van der Waals surface area contributed by atoms with Crippen LogP contribution >= 0.6 is 0 Å². The van der Waals surface area contributed by atoms with E-state index in [9.17, 15) is 22.8 Å². The van der Waals surface area contributed by atoms with Gasteiger partial charge in [-0.2, -0.15) is 0 Å². The van der Waals surface area contributed by atoms with Crippen LogP contribution in [0.2, 0.25) is 0 Å². The zero-order valence-corrected chi connectivity index (χ0v) is 22.5. The van der Waals surface area contributed by atoms with Crippen molar-refractivity contribution < 1.29 is 22.8 Å². The molecule has 0 bridgehead atoms. The summed E-state index contributed by atoms with van der Waals surface area (Å²) in [6, 6.07) is 17.6. The number of hydrogen-bond donors (Lipinski definition) is 3. The largest absolute Gasteiger partial charge is 0.361 e. The van der Waals surface area contributed by atoms with Crippen LogP contribution in [0.15, 0.2) is 85.2 Å². The van der Waals surface area contributed by atoms with Crippen molar-refractivity contribution in [2.75, 3.05) is 0 Å². The average molecular weight is 569 g/mol. The van der Waals surface area contributed by atoms with Crippen LogP contribution < -0.4 is 10.6 Å². The van der Waals surface area contributed by atoms with E-state index in [0.717, 1.165) is 18.9 Å². The summed E-state index contributed by atoms with van der Waals surface area (Å²) in [6.45, 7) is 0. The summed E-state index contributed by atoms with van der Waals surface area (Å²) < 4.78 is 42.2. The van der Waals surface area contributed by atoms with Crippen molar-refractivity contribution in [3.05, 3.63) is 125 Å². The molecule has 1 aliphatic carbocycles. The van der Waals surface area contributed by atoms with Crippen molar-refractivity contribution in [1.82, 2.24) is 20.6 Å². The molecule has 2 amide bonds. The van der Waals surface area contributed by atoms with Crippen molar-refractivity contribution in [2.24, 2.45) is 0 Å². The van der Waals surface area contributed by atoms with Crippen LogP contribution in [-0.4, -0.2) is 27.8 Å². The molecule has 212 valence electrons. The number of carbonyl (C=O) groups excluding carboxylic acids is 2. The molecule has 6 rings (SSSR count). The maximum Gasteiger partial charge on any atom is 0.251 e. The molecular formula is C33H27F3N4O2. The summed E-state index contributed by atoms with van der Waals surface area (Å²) in [4.78, 5) is 33.8. The van der Waals surface area contributed by atoms with Gasteiger partial charge in [-0.25, -0.2) is 13.2 Å². The number of rotatable bonds is 9. The van der Waals surface area contributed by atoms with Gasteiger partial charge in [0, 0.05) is 46.5 Å². The van der Waals surface area contributed by atoms with E-state index in [2.05, 4.69) is 20.6 Å². The topological polar surface area (TPSA) is 86.9 Å². The third kappa shape index (κ3) is 6.20. The summed E-state index contributed by atoms with van der Waals surface area (Å²) in [5.74, 6) is -2.42. The van der Waals surface area contributed by atoms with E-state index in [0.29, 0.717) is 44.4 Å². The lowest BCUT2D eigenvalue weighted by Gasteiger charge is -2.22. The van der Waals surface area contributed by atoms with Crippen LogP contribution in [0.1, 0.15) is 46.1 Å². The number of aromatic nitrogens is 2. The molecule has 42 heavy (non-hydrogen) atoms. The van der Waals surface area contributed by atoms with Crippen LogP contribution in [0.5, 0.6) is 0 Å². The van der Waals surface area contributed by atoms with E-state index in [1.807, 2.05) is 12.1 Å². The first-order valence-corrected chi connectivity index (χ1v) is 13.7. The predicted octanol–water partition coefficient (Wildman–Crippen LogP) is 6.18. The van der Waals surface area contributed by atoms with Crippen LogP contribution in [0.3, 0.4) is 0 Å². The van der Waals surface area contributed by atoms with Gasteiger partial charge in [-0.05, 0) is 84.5 Å². The number of hydrogen-bond acceptors (Lipinski definition) is 3. The number of aromatic amines is 1. The molecule has 3 aromatic carbocycles. The molecule has 0 radical (unpaired) electrons. The Morgan fingerprint density at radius 1 is 0.929 bits per heavy atom. The second-order valence-electron chi connectivity index (χ2n) is 10.5. The second kappa shape index (κ2) is 11.5. The molecule has 1 saturated carbocycles. The Kier molecular flexibility index (Phi) is 7.48. The van der Waals surface area contributed by atoms with Crippen molar-refractivity contribution in [1.29, 1.82) is 0 Å². The van der Waals surface area contributed by atoms with Crippen molar-refractivity contribution in [3.63, 3.8) is 0 Å². The first kappa shape index (κ1) is 27.3. The third-order valence-electron chi connectivity index (χ3n) is 7.29. The number of carbonyl (C=O) groups is 2. The molecule has 2 heterocycles. The molecule has 2 aromatic heterocycles. The highest BCUT2D eigenvalue weighted by Gasteiger charge is 2.25. The quantitative estimate of drug-likeness (QED) is 0.198. The minimum absolute atomic E-state index is 0.0504. The van der Waals surface area contributed by atoms with Crippen LogP contribution in [0.25, 0.3) is 22.0 Å². The van der Waals surface area contributed by atoms with Gasteiger partial charge < -0.3 is 15.6 Å². The van der Waals surface area contributed by atoms with Gasteiger partial charge in [0.1, 0.15) is 17.5 Å². The van der Waals surface area contributed by atoms with Crippen LogP contribution in [-0.2, 0) is 17.6 Å². The lowest BCUT2D eigenvalue weighted by atomic mass is 9.94. The number of pyridine rings is 1. The number of fused-ring (bicyclic) bond motifs is 1. The second-order valence-corrected chi connectivity index (χ2v) is 10.5. The lowest BCUT2D eigenvalue weighted by molar-refractivity contribution is -0.121. The highest BCUT2D eigenvalue weighted by Crippen LogP contribution is 2.30. The summed E-state index contributed by atoms with van der Waals surface area (Å²) in [5.41, 5.74) is 3.97. The van der Waals surface area contributed by atoms with Gasteiger partial charge in [0.25, 0.3) is 5.91 Å². The molecular weight excluding hydrogens is 541 g/mol. The molecule has 3 N–H and O–H groups in total. The lowest BCUT2D eigenvalue weighted by Crippen LogP contribution is -2.32. The van der Waals surface area contributed by atoms with Crippen LogP contribution in [0, 0.1) is 17.5 Å². The molecule has 5 aromatic rings. The Morgan fingerprint density at radius 2 is 1.74 bits per heavy atom. The van der Waals surface area contributed by atoms with E-state index in [1.165, 1.54) is 24.3 Å². The number of benzene rings is 3. The predicted molar refractivity (Wildman–Crippen MR) is 153 cm³/mol. The number of nitrogens with one attached hydrogen (secondary N) is 3. The highest BCUT2D eigenvalue weighted by atomic mass is 19.1. The van der Waals surface area contributed by atoms with Crippen molar-refractivity contribution >= 4 is 22.7 Å². The summed E-state index contributed by atoms with van der Waals surface area (Å²) >= 11 is 0. The Balaban J connectivity index is 1.34. The first-order chi connectivity index (χ1) is 20.3.